The molecule has 2 aromatic rings. The Kier molecular flexibility index (Phi) is 13.5. The van der Waals surface area contributed by atoms with Gasteiger partial charge in [0.15, 0.2) is 0 Å². The van der Waals surface area contributed by atoms with Crippen molar-refractivity contribution >= 4 is 17.9 Å². The van der Waals surface area contributed by atoms with Crippen LogP contribution in [0.5, 0.6) is 0 Å². The molecule has 0 aliphatic carbocycles. The summed E-state index contributed by atoms with van der Waals surface area (Å²) in [7, 11) is 0. The second-order valence-corrected chi connectivity index (χ2v) is 12.8. The molecule has 2 aromatic carbocycles. The van der Waals surface area contributed by atoms with E-state index in [1.807, 2.05) is 69.3 Å². The molecule has 0 spiro atoms. The third kappa shape index (κ3) is 11.1. The van der Waals surface area contributed by atoms with Crippen molar-refractivity contribution in [1.29, 1.82) is 0 Å². The lowest BCUT2D eigenvalue weighted by Gasteiger charge is -2.39. The Morgan fingerprint density at radius 2 is 1.60 bits per heavy atom. The van der Waals surface area contributed by atoms with Crippen molar-refractivity contribution in [3.63, 3.8) is 0 Å². The molecule has 7 heteroatoms. The summed E-state index contributed by atoms with van der Waals surface area (Å²) >= 11 is 0. The van der Waals surface area contributed by atoms with Gasteiger partial charge in [-0.2, -0.15) is 0 Å². The largest absolute Gasteiger partial charge is 0.444 e. The van der Waals surface area contributed by atoms with Crippen LogP contribution in [0.3, 0.4) is 0 Å². The van der Waals surface area contributed by atoms with Crippen LogP contribution in [0.15, 0.2) is 48.5 Å². The standard InChI is InChI=1S/C35H53N3O4/c1-10-11-21-36-32(39)31(29-20-18-25(4)26(5)22-29)38(27(6)19-17-24(2)3)33(40)30(23-28-15-13-12-14-16-28)37-34(41)42-35(7,8)9/h12-16,18,20,22,24,27,30-31H,10-11,17,19,21,23H2,1-9H3,(H,36,39)(H,37,41). The predicted octanol–water partition coefficient (Wildman–Crippen LogP) is 7.05. The van der Waals surface area contributed by atoms with E-state index in [9.17, 15) is 14.4 Å². The van der Waals surface area contributed by atoms with Crippen LogP contribution < -0.4 is 10.6 Å². The SMILES string of the molecule is CCCCNC(=O)C(c1ccc(C)c(C)c1)N(C(=O)C(Cc1ccccc1)NC(=O)OC(C)(C)C)C(C)CCC(C)C. The van der Waals surface area contributed by atoms with E-state index in [-0.39, 0.29) is 24.3 Å². The summed E-state index contributed by atoms with van der Waals surface area (Å²) in [5, 5.41) is 5.94. The van der Waals surface area contributed by atoms with Crippen molar-refractivity contribution < 1.29 is 19.1 Å². The molecular formula is C35H53N3O4. The zero-order valence-corrected chi connectivity index (χ0v) is 27.3. The van der Waals surface area contributed by atoms with Crippen molar-refractivity contribution in [2.24, 2.45) is 5.92 Å². The van der Waals surface area contributed by atoms with E-state index in [2.05, 4.69) is 31.4 Å². The first-order chi connectivity index (χ1) is 19.7. The minimum absolute atomic E-state index is 0.216. The summed E-state index contributed by atoms with van der Waals surface area (Å²) in [5.41, 5.74) is 3.09. The summed E-state index contributed by atoms with van der Waals surface area (Å²) < 4.78 is 5.56. The van der Waals surface area contributed by atoms with Crippen LogP contribution in [0, 0.1) is 19.8 Å². The molecule has 42 heavy (non-hydrogen) atoms. The van der Waals surface area contributed by atoms with Gasteiger partial charge in [0, 0.05) is 19.0 Å². The minimum Gasteiger partial charge on any atom is -0.444 e. The quantitative estimate of drug-likeness (QED) is 0.235. The maximum atomic E-state index is 14.7. The zero-order chi connectivity index (χ0) is 31.4. The number of nitrogens with one attached hydrogen (secondary N) is 2. The fraction of sp³-hybridized carbons (Fsp3) is 0.571. The first kappa shape index (κ1) is 34.8. The fourth-order valence-corrected chi connectivity index (χ4v) is 4.85. The van der Waals surface area contributed by atoms with Crippen molar-refractivity contribution in [2.75, 3.05) is 6.54 Å². The molecule has 0 fully saturated rings. The number of carbonyl (C=O) groups excluding carboxylic acids is 3. The summed E-state index contributed by atoms with van der Waals surface area (Å²) in [5.74, 6) is -0.0927. The molecule has 0 aliphatic rings. The molecule has 0 bridgehead atoms. The Labute approximate surface area is 253 Å². The highest BCUT2D eigenvalue weighted by Gasteiger charge is 2.39. The number of benzene rings is 2. The average molecular weight is 580 g/mol. The van der Waals surface area contributed by atoms with Crippen LogP contribution >= 0.6 is 0 Å². The fourth-order valence-electron chi connectivity index (χ4n) is 4.85. The molecule has 3 unspecified atom stereocenters. The van der Waals surface area contributed by atoms with Gasteiger partial charge in [-0.3, -0.25) is 9.59 Å². The number of ether oxygens (including phenoxy) is 1. The lowest BCUT2D eigenvalue weighted by molar-refractivity contribution is -0.145. The van der Waals surface area contributed by atoms with E-state index in [1.54, 1.807) is 25.7 Å². The molecule has 0 heterocycles. The monoisotopic (exact) mass is 579 g/mol. The summed E-state index contributed by atoms with van der Waals surface area (Å²) in [6.07, 6.45) is 3.01. The van der Waals surface area contributed by atoms with Gasteiger partial charge in [0.2, 0.25) is 11.8 Å². The van der Waals surface area contributed by atoms with Crippen molar-refractivity contribution in [3.8, 4) is 0 Å². The van der Waals surface area contributed by atoms with Gasteiger partial charge in [-0.25, -0.2) is 4.79 Å². The Bertz CT molecular complexity index is 1160. The topological polar surface area (TPSA) is 87.7 Å². The Balaban J connectivity index is 2.64. The van der Waals surface area contributed by atoms with Crippen LogP contribution in [0.4, 0.5) is 4.79 Å². The van der Waals surface area contributed by atoms with E-state index in [0.29, 0.717) is 12.5 Å². The number of rotatable bonds is 14. The van der Waals surface area contributed by atoms with Gasteiger partial charge in [0.05, 0.1) is 0 Å². The highest BCUT2D eigenvalue weighted by Crippen LogP contribution is 2.29. The van der Waals surface area contributed by atoms with Crippen LogP contribution in [0.25, 0.3) is 0 Å². The van der Waals surface area contributed by atoms with Gasteiger partial charge in [-0.1, -0.05) is 75.7 Å². The third-order valence-electron chi connectivity index (χ3n) is 7.37. The van der Waals surface area contributed by atoms with Gasteiger partial charge >= 0.3 is 6.09 Å². The molecule has 0 saturated heterocycles. The molecule has 7 nitrogen and oxygen atoms in total. The van der Waals surface area contributed by atoms with Crippen LogP contribution in [-0.4, -0.2) is 47.0 Å². The van der Waals surface area contributed by atoms with Crippen molar-refractivity contribution in [1.82, 2.24) is 15.5 Å². The maximum Gasteiger partial charge on any atom is 0.408 e. The maximum absolute atomic E-state index is 14.7. The molecule has 2 rings (SSSR count). The summed E-state index contributed by atoms with van der Waals surface area (Å²) in [6.45, 7) is 18.3. The Morgan fingerprint density at radius 1 is 0.929 bits per heavy atom. The Hall–Kier alpha value is -3.35. The second kappa shape index (κ2) is 16.3. The van der Waals surface area contributed by atoms with Crippen LogP contribution in [0.2, 0.25) is 0 Å². The smallest absolute Gasteiger partial charge is 0.408 e. The first-order valence-electron chi connectivity index (χ1n) is 15.4. The summed E-state index contributed by atoms with van der Waals surface area (Å²) in [6, 6.07) is 13.5. The first-order valence-corrected chi connectivity index (χ1v) is 15.4. The molecule has 3 amide bonds. The normalized spacial score (nSPS) is 13.7. The van der Waals surface area contributed by atoms with Crippen LogP contribution in [0.1, 0.15) is 102 Å². The molecule has 0 aliphatic heterocycles. The van der Waals surface area contributed by atoms with Crippen molar-refractivity contribution in [3.05, 3.63) is 70.8 Å². The molecule has 3 atom stereocenters. The van der Waals surface area contributed by atoms with Gasteiger partial charge < -0.3 is 20.3 Å². The number of unbranched alkanes of at least 4 members (excludes halogenated alkanes) is 1. The van der Waals surface area contributed by atoms with Gasteiger partial charge in [-0.05, 0) is 89.0 Å². The summed E-state index contributed by atoms with van der Waals surface area (Å²) in [4.78, 5) is 43.4. The molecule has 2 N–H and O–H groups in total. The van der Waals surface area contributed by atoms with E-state index in [0.717, 1.165) is 47.9 Å². The van der Waals surface area contributed by atoms with E-state index in [1.165, 1.54) is 0 Å². The lowest BCUT2D eigenvalue weighted by atomic mass is 9.94. The predicted molar refractivity (Wildman–Crippen MR) is 170 cm³/mol. The van der Waals surface area contributed by atoms with Crippen LogP contribution in [-0.2, 0) is 20.7 Å². The zero-order valence-electron chi connectivity index (χ0n) is 27.3. The highest BCUT2D eigenvalue weighted by atomic mass is 16.6. The van der Waals surface area contributed by atoms with E-state index < -0.39 is 23.8 Å². The number of amides is 3. The highest BCUT2D eigenvalue weighted by molar-refractivity contribution is 5.92. The van der Waals surface area contributed by atoms with Gasteiger partial charge in [0.1, 0.15) is 17.7 Å². The number of aryl methyl sites for hydroxylation is 2. The van der Waals surface area contributed by atoms with E-state index in [4.69, 9.17) is 4.74 Å². The number of carbonyl (C=O) groups is 3. The van der Waals surface area contributed by atoms with Gasteiger partial charge in [-0.15, -0.1) is 0 Å². The lowest BCUT2D eigenvalue weighted by Crippen LogP contribution is -2.56. The van der Waals surface area contributed by atoms with Crippen molar-refractivity contribution in [2.45, 2.75) is 118 Å². The number of nitrogens with zero attached hydrogens (tertiary/aromatic N) is 1. The molecule has 0 saturated carbocycles. The van der Waals surface area contributed by atoms with E-state index >= 15 is 0 Å². The average Bonchev–Trinajstić information content (AvgIpc) is 2.90. The Morgan fingerprint density at radius 3 is 2.17 bits per heavy atom. The second-order valence-electron chi connectivity index (χ2n) is 12.8. The number of hydrogen-bond acceptors (Lipinski definition) is 4. The third-order valence-corrected chi connectivity index (χ3v) is 7.37. The van der Waals surface area contributed by atoms with Gasteiger partial charge in [0.25, 0.3) is 0 Å². The minimum atomic E-state index is -0.929. The molecule has 0 radical (unpaired) electrons. The molecule has 0 aromatic heterocycles. The molecule has 232 valence electrons. The molecular weight excluding hydrogens is 526 g/mol. The number of alkyl carbamates (subject to hydrolysis) is 1. The number of hydrogen-bond donors (Lipinski definition) is 2.